The Morgan fingerprint density at radius 1 is 1.45 bits per heavy atom. The second-order valence-electron chi connectivity index (χ2n) is 4.44. The lowest BCUT2D eigenvalue weighted by molar-refractivity contribution is 0.212. The Labute approximate surface area is 69.8 Å². The predicted octanol–water partition coefficient (Wildman–Crippen LogP) is 2.59. The van der Waals surface area contributed by atoms with Gasteiger partial charge in [-0.2, -0.15) is 0 Å². The SMILES string of the molecule is CC1(C)CCCC1CCCO. The Morgan fingerprint density at radius 3 is 2.64 bits per heavy atom. The second kappa shape index (κ2) is 3.57. The molecule has 0 aromatic rings. The van der Waals surface area contributed by atoms with Crippen LogP contribution in [0, 0.1) is 11.3 Å². The molecule has 0 aromatic heterocycles. The maximum absolute atomic E-state index is 8.70. The van der Waals surface area contributed by atoms with Crippen LogP contribution < -0.4 is 0 Å². The van der Waals surface area contributed by atoms with Crippen molar-refractivity contribution in [3.63, 3.8) is 0 Å². The van der Waals surface area contributed by atoms with E-state index >= 15 is 0 Å². The van der Waals surface area contributed by atoms with Crippen molar-refractivity contribution >= 4 is 0 Å². The van der Waals surface area contributed by atoms with Crippen molar-refractivity contribution in [3.8, 4) is 0 Å². The van der Waals surface area contributed by atoms with Crippen LogP contribution in [-0.2, 0) is 0 Å². The van der Waals surface area contributed by atoms with Gasteiger partial charge < -0.3 is 5.11 Å². The number of hydrogen-bond acceptors (Lipinski definition) is 1. The third-order valence-corrected chi connectivity index (χ3v) is 3.19. The molecular formula is C10H20O. The summed E-state index contributed by atoms with van der Waals surface area (Å²) in [5.74, 6) is 0.870. The van der Waals surface area contributed by atoms with Gasteiger partial charge >= 0.3 is 0 Å². The summed E-state index contributed by atoms with van der Waals surface area (Å²) in [6, 6.07) is 0. The highest BCUT2D eigenvalue weighted by Gasteiger charge is 2.33. The van der Waals surface area contributed by atoms with E-state index in [1.807, 2.05) is 0 Å². The van der Waals surface area contributed by atoms with E-state index in [0.717, 1.165) is 12.3 Å². The van der Waals surface area contributed by atoms with E-state index in [2.05, 4.69) is 13.8 Å². The molecule has 1 N–H and O–H groups in total. The van der Waals surface area contributed by atoms with Gasteiger partial charge in [-0.05, 0) is 37.0 Å². The Bertz CT molecular complexity index is 118. The molecule has 1 atom stereocenters. The van der Waals surface area contributed by atoms with Crippen LogP contribution in [0.5, 0.6) is 0 Å². The maximum Gasteiger partial charge on any atom is 0.0431 e. The van der Waals surface area contributed by atoms with Gasteiger partial charge in [-0.3, -0.25) is 0 Å². The van der Waals surface area contributed by atoms with E-state index in [1.54, 1.807) is 0 Å². The summed E-state index contributed by atoms with van der Waals surface area (Å²) in [6.07, 6.45) is 6.37. The lowest BCUT2D eigenvalue weighted by Crippen LogP contribution is -2.17. The number of rotatable bonds is 3. The number of hydrogen-bond donors (Lipinski definition) is 1. The minimum atomic E-state index is 0.368. The maximum atomic E-state index is 8.70. The highest BCUT2D eigenvalue weighted by Crippen LogP contribution is 2.44. The highest BCUT2D eigenvalue weighted by molar-refractivity contribution is 4.84. The van der Waals surface area contributed by atoms with Crippen molar-refractivity contribution in [2.24, 2.45) is 11.3 Å². The summed E-state index contributed by atoms with van der Waals surface area (Å²) in [6.45, 7) is 5.09. The molecule has 66 valence electrons. The van der Waals surface area contributed by atoms with Crippen molar-refractivity contribution in [1.82, 2.24) is 0 Å². The quantitative estimate of drug-likeness (QED) is 0.666. The minimum absolute atomic E-state index is 0.368. The van der Waals surface area contributed by atoms with Crippen LogP contribution in [0.1, 0.15) is 46.0 Å². The van der Waals surface area contributed by atoms with Gasteiger partial charge in [0.15, 0.2) is 0 Å². The molecule has 1 heteroatoms. The lowest BCUT2D eigenvalue weighted by Gasteiger charge is -2.26. The van der Waals surface area contributed by atoms with Gasteiger partial charge in [0.1, 0.15) is 0 Å². The normalized spacial score (nSPS) is 29.2. The lowest BCUT2D eigenvalue weighted by atomic mass is 9.79. The topological polar surface area (TPSA) is 20.2 Å². The largest absolute Gasteiger partial charge is 0.396 e. The van der Waals surface area contributed by atoms with Crippen molar-refractivity contribution in [3.05, 3.63) is 0 Å². The number of aliphatic hydroxyl groups is 1. The zero-order valence-corrected chi connectivity index (χ0v) is 7.77. The van der Waals surface area contributed by atoms with E-state index in [0.29, 0.717) is 12.0 Å². The minimum Gasteiger partial charge on any atom is -0.396 e. The molecule has 0 radical (unpaired) electrons. The molecule has 1 aliphatic rings. The molecule has 0 heterocycles. The molecular weight excluding hydrogens is 136 g/mol. The van der Waals surface area contributed by atoms with Gasteiger partial charge in [0.2, 0.25) is 0 Å². The predicted molar refractivity (Wildman–Crippen MR) is 47.4 cm³/mol. The summed E-state index contributed by atoms with van der Waals surface area (Å²) in [7, 11) is 0. The fourth-order valence-electron chi connectivity index (χ4n) is 2.27. The fourth-order valence-corrected chi connectivity index (χ4v) is 2.27. The Kier molecular flexibility index (Phi) is 2.94. The summed E-state index contributed by atoms with van der Waals surface area (Å²) in [4.78, 5) is 0. The van der Waals surface area contributed by atoms with Crippen LogP contribution >= 0.6 is 0 Å². The van der Waals surface area contributed by atoms with E-state index in [1.165, 1.54) is 25.7 Å². The van der Waals surface area contributed by atoms with Crippen molar-refractivity contribution in [1.29, 1.82) is 0 Å². The monoisotopic (exact) mass is 156 g/mol. The molecule has 1 rings (SSSR count). The summed E-state index contributed by atoms with van der Waals surface area (Å²) < 4.78 is 0. The second-order valence-corrected chi connectivity index (χ2v) is 4.44. The first-order chi connectivity index (χ1) is 5.17. The number of aliphatic hydroxyl groups excluding tert-OH is 1. The first kappa shape index (κ1) is 9.05. The van der Waals surface area contributed by atoms with E-state index < -0.39 is 0 Å². The van der Waals surface area contributed by atoms with Crippen LogP contribution in [0.3, 0.4) is 0 Å². The van der Waals surface area contributed by atoms with Crippen LogP contribution in [0.4, 0.5) is 0 Å². The van der Waals surface area contributed by atoms with E-state index in [-0.39, 0.29) is 0 Å². The van der Waals surface area contributed by atoms with Crippen molar-refractivity contribution < 1.29 is 5.11 Å². The van der Waals surface area contributed by atoms with E-state index in [9.17, 15) is 0 Å². The van der Waals surface area contributed by atoms with Gasteiger partial charge in [-0.15, -0.1) is 0 Å². The third-order valence-electron chi connectivity index (χ3n) is 3.19. The molecule has 0 aliphatic heterocycles. The molecule has 11 heavy (non-hydrogen) atoms. The van der Waals surface area contributed by atoms with E-state index in [4.69, 9.17) is 5.11 Å². The molecule has 1 nitrogen and oxygen atoms in total. The van der Waals surface area contributed by atoms with Crippen LogP contribution in [0.15, 0.2) is 0 Å². The molecule has 1 aliphatic carbocycles. The van der Waals surface area contributed by atoms with Crippen LogP contribution in [0.25, 0.3) is 0 Å². The van der Waals surface area contributed by atoms with Crippen LogP contribution in [0.2, 0.25) is 0 Å². The zero-order chi connectivity index (χ0) is 8.32. The first-order valence-corrected chi connectivity index (χ1v) is 4.77. The molecule has 1 fully saturated rings. The molecule has 1 unspecified atom stereocenters. The fraction of sp³-hybridized carbons (Fsp3) is 1.00. The summed E-state index contributed by atoms with van der Waals surface area (Å²) in [5.41, 5.74) is 0.551. The third kappa shape index (κ3) is 2.19. The molecule has 0 saturated heterocycles. The first-order valence-electron chi connectivity index (χ1n) is 4.77. The Hall–Kier alpha value is -0.0400. The van der Waals surface area contributed by atoms with Gasteiger partial charge in [-0.25, -0.2) is 0 Å². The molecule has 0 bridgehead atoms. The summed E-state index contributed by atoms with van der Waals surface area (Å²) in [5, 5.41) is 8.70. The average Bonchev–Trinajstić information content (AvgIpc) is 2.25. The van der Waals surface area contributed by atoms with Gasteiger partial charge in [-0.1, -0.05) is 20.3 Å². The van der Waals surface area contributed by atoms with Gasteiger partial charge in [0.25, 0.3) is 0 Å². The van der Waals surface area contributed by atoms with Gasteiger partial charge in [0, 0.05) is 6.61 Å². The summed E-state index contributed by atoms with van der Waals surface area (Å²) >= 11 is 0. The molecule has 0 spiro atoms. The Balaban J connectivity index is 2.32. The van der Waals surface area contributed by atoms with Crippen molar-refractivity contribution in [2.75, 3.05) is 6.61 Å². The molecule has 0 aromatic carbocycles. The highest BCUT2D eigenvalue weighted by atomic mass is 16.2. The van der Waals surface area contributed by atoms with Crippen LogP contribution in [-0.4, -0.2) is 11.7 Å². The molecule has 1 saturated carbocycles. The van der Waals surface area contributed by atoms with Gasteiger partial charge in [0.05, 0.1) is 0 Å². The standard InChI is InChI=1S/C10H20O/c1-10(2)7-3-5-9(10)6-4-8-11/h9,11H,3-8H2,1-2H3. The Morgan fingerprint density at radius 2 is 2.18 bits per heavy atom. The zero-order valence-electron chi connectivity index (χ0n) is 7.77. The smallest absolute Gasteiger partial charge is 0.0431 e. The average molecular weight is 156 g/mol. The molecule has 0 amide bonds. The van der Waals surface area contributed by atoms with Crippen molar-refractivity contribution in [2.45, 2.75) is 46.0 Å².